The molecule has 2 rings (SSSR count). The zero-order chi connectivity index (χ0) is 39.3. The summed E-state index contributed by atoms with van der Waals surface area (Å²) < 4.78 is 12.0. The molecule has 0 bridgehead atoms. The lowest BCUT2D eigenvalue weighted by molar-refractivity contribution is -0.149. The minimum absolute atomic E-state index is 0.00635. The summed E-state index contributed by atoms with van der Waals surface area (Å²) in [6.07, 6.45) is 1.73. The maximum absolute atomic E-state index is 14.2. The number of amides is 3. The van der Waals surface area contributed by atoms with E-state index in [-0.39, 0.29) is 66.4 Å². The zero-order valence-electron chi connectivity index (χ0n) is 34.0. The lowest BCUT2D eigenvalue weighted by Crippen LogP contribution is -2.54. The molecule has 1 fully saturated rings. The minimum atomic E-state index is -0.758. The molecule has 1 saturated heterocycles. The van der Waals surface area contributed by atoms with Crippen molar-refractivity contribution in [1.29, 1.82) is 0 Å². The fourth-order valence-electron chi connectivity index (χ4n) is 7.59. The summed E-state index contributed by atoms with van der Waals surface area (Å²) in [5, 5.41) is 5.76. The fraction of sp³-hybridized carbons (Fsp3) is 0.732. The molecule has 1 aromatic carbocycles. The van der Waals surface area contributed by atoms with E-state index in [0.29, 0.717) is 19.4 Å². The van der Waals surface area contributed by atoms with Gasteiger partial charge in [-0.3, -0.25) is 24.0 Å². The molecule has 8 atom stereocenters. The van der Waals surface area contributed by atoms with Crippen molar-refractivity contribution in [3.05, 3.63) is 35.9 Å². The maximum atomic E-state index is 14.2. The first-order chi connectivity index (χ1) is 24.5. The molecular weight excluding hydrogens is 660 g/mol. The molecule has 11 heteroatoms. The summed E-state index contributed by atoms with van der Waals surface area (Å²) in [5.74, 6) is -2.22. The van der Waals surface area contributed by atoms with Crippen LogP contribution >= 0.6 is 0 Å². The summed E-state index contributed by atoms with van der Waals surface area (Å²) in [6.45, 7) is 14.0. The van der Waals surface area contributed by atoms with Crippen LogP contribution in [0.2, 0.25) is 0 Å². The van der Waals surface area contributed by atoms with Crippen LogP contribution < -0.4 is 10.6 Å². The number of carbonyl (C=O) groups excluding carboxylic acids is 5. The number of hydrogen-bond acceptors (Lipinski definition) is 8. The first-order valence-corrected chi connectivity index (χ1v) is 19.1. The van der Waals surface area contributed by atoms with Crippen LogP contribution in [-0.4, -0.2) is 111 Å². The summed E-state index contributed by atoms with van der Waals surface area (Å²) in [7, 11) is 8.22. The molecular formula is C41H68N4O7. The van der Waals surface area contributed by atoms with Crippen LogP contribution in [0.4, 0.5) is 0 Å². The van der Waals surface area contributed by atoms with Gasteiger partial charge in [-0.2, -0.15) is 0 Å². The van der Waals surface area contributed by atoms with Gasteiger partial charge in [-0.25, -0.2) is 0 Å². The standard InChI is InChI=1S/C41H68N4O7/c1-13-27(4)37(44(10)40(50)31(26(2)3)24-35(47)41(6,7)43-9)34(51-11)25-36(48)45-21-17-20-32(45)38(52-12)28(5)33(46)23-30(39(49)42-8)22-29-18-15-14-16-19-29/h14-16,18-19,26-28,30-32,34,37-38,43H,13,17,20-25H2,1-12H3,(H,42,49). The maximum Gasteiger partial charge on any atom is 0.226 e. The number of likely N-dealkylation sites (tertiary alicyclic amines) is 1. The van der Waals surface area contributed by atoms with E-state index < -0.39 is 41.5 Å². The van der Waals surface area contributed by atoms with Crippen molar-refractivity contribution in [2.24, 2.45) is 29.6 Å². The summed E-state index contributed by atoms with van der Waals surface area (Å²) >= 11 is 0. The van der Waals surface area contributed by atoms with Crippen molar-refractivity contribution >= 4 is 29.3 Å². The average Bonchev–Trinajstić information content (AvgIpc) is 3.62. The van der Waals surface area contributed by atoms with Gasteiger partial charge < -0.3 is 29.9 Å². The van der Waals surface area contributed by atoms with Crippen LogP contribution in [-0.2, 0) is 39.9 Å². The van der Waals surface area contributed by atoms with Crippen molar-refractivity contribution in [3.8, 4) is 0 Å². The average molecular weight is 729 g/mol. The van der Waals surface area contributed by atoms with E-state index in [1.165, 1.54) is 0 Å². The van der Waals surface area contributed by atoms with Gasteiger partial charge in [-0.15, -0.1) is 0 Å². The van der Waals surface area contributed by atoms with Gasteiger partial charge in [0.1, 0.15) is 5.78 Å². The molecule has 2 N–H and O–H groups in total. The first-order valence-electron chi connectivity index (χ1n) is 19.1. The second-order valence-electron chi connectivity index (χ2n) is 15.6. The third-order valence-corrected chi connectivity index (χ3v) is 11.6. The molecule has 52 heavy (non-hydrogen) atoms. The number of carbonyl (C=O) groups is 5. The smallest absolute Gasteiger partial charge is 0.226 e. The molecule has 1 aliphatic heterocycles. The Kier molecular flexibility index (Phi) is 18.1. The SMILES string of the molecule is CCC(C)C(C(CC(=O)N1CCCC1C(OC)C(C)C(=O)CC(Cc1ccccc1)C(=O)NC)OC)N(C)C(=O)C(CC(=O)C(C)(C)NC)C(C)C. The van der Waals surface area contributed by atoms with E-state index >= 15 is 0 Å². The van der Waals surface area contributed by atoms with Crippen LogP contribution in [0.5, 0.6) is 0 Å². The molecule has 3 amide bonds. The number of benzene rings is 1. The van der Waals surface area contributed by atoms with Gasteiger partial charge in [0, 0.05) is 65.5 Å². The quantitative estimate of drug-likeness (QED) is 0.176. The van der Waals surface area contributed by atoms with Crippen LogP contribution in [0.1, 0.15) is 92.6 Å². The Balaban J connectivity index is 2.28. The van der Waals surface area contributed by atoms with E-state index in [1.54, 1.807) is 40.3 Å². The molecule has 8 unspecified atom stereocenters. The van der Waals surface area contributed by atoms with Gasteiger partial charge in [-0.05, 0) is 57.6 Å². The minimum Gasteiger partial charge on any atom is -0.379 e. The number of nitrogens with one attached hydrogen (secondary N) is 2. The Morgan fingerprint density at radius 2 is 1.60 bits per heavy atom. The topological polar surface area (TPSA) is 134 Å². The summed E-state index contributed by atoms with van der Waals surface area (Å²) in [4.78, 5) is 71.6. The number of ketones is 2. The molecule has 1 aliphatic rings. The van der Waals surface area contributed by atoms with E-state index in [9.17, 15) is 24.0 Å². The number of rotatable bonds is 22. The van der Waals surface area contributed by atoms with Gasteiger partial charge in [0.15, 0.2) is 5.78 Å². The molecule has 0 radical (unpaired) electrons. The van der Waals surface area contributed by atoms with Gasteiger partial charge in [0.25, 0.3) is 0 Å². The highest BCUT2D eigenvalue weighted by atomic mass is 16.5. The second kappa shape index (κ2) is 20.9. The first kappa shape index (κ1) is 45.0. The van der Waals surface area contributed by atoms with Crippen molar-refractivity contribution in [1.82, 2.24) is 20.4 Å². The van der Waals surface area contributed by atoms with Gasteiger partial charge in [0.2, 0.25) is 17.7 Å². The number of nitrogens with zero attached hydrogens (tertiary/aromatic N) is 2. The molecule has 1 aromatic rings. The van der Waals surface area contributed by atoms with Crippen LogP contribution in [0, 0.1) is 29.6 Å². The van der Waals surface area contributed by atoms with Crippen molar-refractivity contribution in [2.45, 2.75) is 123 Å². The van der Waals surface area contributed by atoms with E-state index in [4.69, 9.17) is 9.47 Å². The number of ether oxygens (including phenoxy) is 2. The lowest BCUT2D eigenvalue weighted by Gasteiger charge is -2.41. The van der Waals surface area contributed by atoms with Crippen molar-refractivity contribution < 1.29 is 33.4 Å². The Bertz CT molecular complexity index is 1320. The molecule has 294 valence electrons. The van der Waals surface area contributed by atoms with E-state index in [2.05, 4.69) is 24.5 Å². The Hall–Kier alpha value is -3.15. The van der Waals surface area contributed by atoms with Crippen molar-refractivity contribution in [3.63, 3.8) is 0 Å². The molecule has 0 spiro atoms. The van der Waals surface area contributed by atoms with E-state index in [1.807, 2.05) is 69.9 Å². The summed E-state index contributed by atoms with van der Waals surface area (Å²) in [6, 6.07) is 8.92. The monoisotopic (exact) mass is 729 g/mol. The Morgan fingerprint density at radius 1 is 0.962 bits per heavy atom. The Labute approximate surface area is 313 Å². The highest BCUT2D eigenvalue weighted by molar-refractivity contribution is 5.92. The van der Waals surface area contributed by atoms with E-state index in [0.717, 1.165) is 18.4 Å². The van der Waals surface area contributed by atoms with Gasteiger partial charge in [-0.1, -0.05) is 71.4 Å². The highest BCUT2D eigenvalue weighted by Gasteiger charge is 2.43. The molecule has 11 nitrogen and oxygen atoms in total. The second-order valence-corrected chi connectivity index (χ2v) is 15.6. The molecule has 0 saturated carbocycles. The van der Waals surface area contributed by atoms with Gasteiger partial charge in [0.05, 0.1) is 36.3 Å². The van der Waals surface area contributed by atoms with Crippen LogP contribution in [0.25, 0.3) is 0 Å². The number of methoxy groups -OCH3 is 2. The molecule has 0 aromatic heterocycles. The number of hydrogen-bond donors (Lipinski definition) is 2. The molecule has 0 aliphatic carbocycles. The largest absolute Gasteiger partial charge is 0.379 e. The number of Topliss-reactive ketones (excluding diaryl/α,β-unsaturated/α-hetero) is 2. The predicted molar refractivity (Wildman–Crippen MR) is 205 cm³/mol. The Morgan fingerprint density at radius 3 is 2.12 bits per heavy atom. The fourth-order valence-corrected chi connectivity index (χ4v) is 7.59. The van der Waals surface area contributed by atoms with Crippen LogP contribution in [0.3, 0.4) is 0 Å². The third kappa shape index (κ3) is 11.7. The lowest BCUT2D eigenvalue weighted by atomic mass is 9.83. The normalized spacial score (nSPS) is 18.9. The predicted octanol–water partition coefficient (Wildman–Crippen LogP) is 4.70. The van der Waals surface area contributed by atoms with Gasteiger partial charge >= 0.3 is 0 Å². The molecule has 1 heterocycles. The van der Waals surface area contributed by atoms with Crippen molar-refractivity contribution in [2.75, 3.05) is 41.9 Å². The number of likely N-dealkylation sites (N-methyl/N-ethyl adjacent to an activating group) is 2. The zero-order valence-corrected chi connectivity index (χ0v) is 34.0. The summed E-state index contributed by atoms with van der Waals surface area (Å²) in [5.41, 5.74) is 0.223. The van der Waals surface area contributed by atoms with Crippen LogP contribution in [0.15, 0.2) is 30.3 Å². The third-order valence-electron chi connectivity index (χ3n) is 11.6. The highest BCUT2D eigenvalue weighted by Crippen LogP contribution is 2.32.